The van der Waals surface area contributed by atoms with E-state index in [1.54, 1.807) is 24.3 Å². The van der Waals surface area contributed by atoms with E-state index >= 15 is 0 Å². The molecule has 0 saturated heterocycles. The van der Waals surface area contributed by atoms with E-state index in [1.165, 1.54) is 0 Å². The average molecular weight is 392 g/mol. The van der Waals surface area contributed by atoms with Gasteiger partial charge in [0.05, 0.1) is 11.1 Å². The second-order valence-electron chi connectivity index (χ2n) is 7.40. The first kappa shape index (κ1) is 18.9. The number of nitrogens with zero attached hydrogens (tertiary/aromatic N) is 1. The molecule has 148 valence electrons. The molecule has 2 aromatic carbocycles. The number of benzene rings is 2. The Morgan fingerprint density at radius 3 is 2.17 bits per heavy atom. The van der Waals surface area contributed by atoms with Gasteiger partial charge in [0.2, 0.25) is 5.91 Å². The molecule has 1 aliphatic heterocycles. The van der Waals surface area contributed by atoms with Gasteiger partial charge in [-0.3, -0.25) is 19.3 Å². The lowest BCUT2D eigenvalue weighted by molar-refractivity contribution is -0.143. The largest absolute Gasteiger partial charge is 0.479 e. The van der Waals surface area contributed by atoms with Crippen molar-refractivity contribution in [1.29, 1.82) is 0 Å². The van der Waals surface area contributed by atoms with Crippen LogP contribution in [0.4, 0.5) is 0 Å². The molecule has 29 heavy (non-hydrogen) atoms. The molecule has 1 heterocycles. The zero-order chi connectivity index (χ0) is 20.6. The van der Waals surface area contributed by atoms with Gasteiger partial charge in [-0.25, -0.2) is 4.79 Å². The van der Waals surface area contributed by atoms with Crippen LogP contribution in [-0.4, -0.2) is 45.8 Å². The maximum atomic E-state index is 12.4. The highest BCUT2D eigenvalue weighted by Crippen LogP contribution is 2.51. The van der Waals surface area contributed by atoms with Crippen LogP contribution in [0, 0.1) is 0 Å². The minimum absolute atomic E-state index is 0.0317. The van der Waals surface area contributed by atoms with Gasteiger partial charge in [-0.15, -0.1) is 0 Å². The Balaban J connectivity index is 1.33. The number of carboxylic acids is 1. The van der Waals surface area contributed by atoms with E-state index in [-0.39, 0.29) is 37.1 Å². The number of nitrogens with one attached hydrogen (secondary N) is 1. The molecular formula is C22H20N2O5. The number of hydrogen-bond donors (Lipinski definition) is 2. The van der Waals surface area contributed by atoms with Gasteiger partial charge >= 0.3 is 5.97 Å². The molecular weight excluding hydrogens is 372 g/mol. The van der Waals surface area contributed by atoms with E-state index in [4.69, 9.17) is 0 Å². The van der Waals surface area contributed by atoms with Gasteiger partial charge in [0.25, 0.3) is 11.8 Å². The number of carbonyl (C=O) groups excluding carboxylic acids is 3. The van der Waals surface area contributed by atoms with Gasteiger partial charge in [0.1, 0.15) is 5.54 Å². The van der Waals surface area contributed by atoms with Crippen molar-refractivity contribution in [3.63, 3.8) is 0 Å². The predicted molar refractivity (Wildman–Crippen MR) is 103 cm³/mol. The van der Waals surface area contributed by atoms with E-state index < -0.39 is 17.4 Å². The number of carboxylic acid groups (broad SMARTS) is 1. The number of imide groups is 1. The number of fused-ring (bicyclic) bond motifs is 1. The summed E-state index contributed by atoms with van der Waals surface area (Å²) >= 11 is 0. The minimum Gasteiger partial charge on any atom is -0.479 e. The standard InChI is InChI=1S/C22H20N2O5/c25-18(23-22(21(28)29)13-17(22)14-7-2-1-3-8-14)11-6-12-24-19(26)15-9-4-5-10-16(15)20(24)27/h1-5,7-10,17H,6,11-13H2,(H,23,25)(H,28,29). The van der Waals surface area contributed by atoms with E-state index in [0.29, 0.717) is 17.5 Å². The van der Waals surface area contributed by atoms with Crippen molar-refractivity contribution in [1.82, 2.24) is 10.2 Å². The van der Waals surface area contributed by atoms with Crippen molar-refractivity contribution in [3.8, 4) is 0 Å². The fraction of sp³-hybridized carbons (Fsp3) is 0.273. The van der Waals surface area contributed by atoms with Crippen LogP contribution in [-0.2, 0) is 9.59 Å². The maximum Gasteiger partial charge on any atom is 0.330 e. The summed E-state index contributed by atoms with van der Waals surface area (Å²) in [6.45, 7) is 0.113. The maximum absolute atomic E-state index is 12.4. The zero-order valence-electron chi connectivity index (χ0n) is 15.6. The molecule has 1 saturated carbocycles. The third-order valence-corrected chi connectivity index (χ3v) is 5.57. The molecule has 0 bridgehead atoms. The zero-order valence-corrected chi connectivity index (χ0v) is 15.6. The Kier molecular flexibility index (Phi) is 4.66. The van der Waals surface area contributed by atoms with Crippen molar-refractivity contribution in [2.75, 3.05) is 6.54 Å². The molecule has 0 aromatic heterocycles. The fourth-order valence-electron chi connectivity index (χ4n) is 3.93. The summed E-state index contributed by atoms with van der Waals surface area (Å²) in [6.07, 6.45) is 0.642. The Morgan fingerprint density at radius 2 is 1.59 bits per heavy atom. The van der Waals surface area contributed by atoms with Crippen LogP contribution < -0.4 is 5.32 Å². The molecule has 2 aromatic rings. The second kappa shape index (κ2) is 7.16. The van der Waals surface area contributed by atoms with Crippen molar-refractivity contribution < 1.29 is 24.3 Å². The smallest absolute Gasteiger partial charge is 0.330 e. The molecule has 4 rings (SSSR count). The lowest BCUT2D eigenvalue weighted by Crippen LogP contribution is -2.44. The third kappa shape index (κ3) is 3.29. The summed E-state index contributed by atoms with van der Waals surface area (Å²) in [7, 11) is 0. The van der Waals surface area contributed by atoms with E-state index in [0.717, 1.165) is 10.5 Å². The Morgan fingerprint density at radius 1 is 1.00 bits per heavy atom. The third-order valence-electron chi connectivity index (χ3n) is 5.57. The summed E-state index contributed by atoms with van der Waals surface area (Å²) < 4.78 is 0. The highest BCUT2D eigenvalue weighted by Gasteiger charge is 2.62. The first-order valence-corrected chi connectivity index (χ1v) is 9.48. The molecule has 3 amide bonds. The Hall–Kier alpha value is -3.48. The minimum atomic E-state index is -1.28. The van der Waals surface area contributed by atoms with Crippen molar-refractivity contribution in [2.45, 2.75) is 30.7 Å². The van der Waals surface area contributed by atoms with Crippen LogP contribution in [0.1, 0.15) is 51.5 Å². The lowest BCUT2D eigenvalue weighted by Gasteiger charge is -2.17. The number of rotatable bonds is 7. The van der Waals surface area contributed by atoms with E-state index in [1.807, 2.05) is 30.3 Å². The first-order chi connectivity index (χ1) is 13.9. The molecule has 0 radical (unpaired) electrons. The lowest BCUT2D eigenvalue weighted by atomic mass is 10.1. The highest BCUT2D eigenvalue weighted by molar-refractivity contribution is 6.21. The van der Waals surface area contributed by atoms with Crippen LogP contribution in [0.5, 0.6) is 0 Å². The molecule has 1 fully saturated rings. The number of carbonyl (C=O) groups is 4. The van der Waals surface area contributed by atoms with Crippen LogP contribution in [0.25, 0.3) is 0 Å². The van der Waals surface area contributed by atoms with E-state index in [9.17, 15) is 24.3 Å². The van der Waals surface area contributed by atoms with E-state index in [2.05, 4.69) is 5.32 Å². The highest BCUT2D eigenvalue weighted by atomic mass is 16.4. The summed E-state index contributed by atoms with van der Waals surface area (Å²) in [4.78, 5) is 50.0. The van der Waals surface area contributed by atoms with Crippen molar-refractivity contribution in [2.24, 2.45) is 0 Å². The van der Waals surface area contributed by atoms with Crippen LogP contribution in [0.3, 0.4) is 0 Å². The van der Waals surface area contributed by atoms with Gasteiger partial charge in [-0.2, -0.15) is 0 Å². The number of hydrogen-bond acceptors (Lipinski definition) is 4. The molecule has 7 heteroatoms. The topological polar surface area (TPSA) is 104 Å². The molecule has 2 unspecified atom stereocenters. The molecule has 1 aliphatic carbocycles. The first-order valence-electron chi connectivity index (χ1n) is 9.48. The number of aliphatic carboxylic acids is 1. The second-order valence-corrected chi connectivity index (χ2v) is 7.40. The van der Waals surface area contributed by atoms with Crippen molar-refractivity contribution in [3.05, 3.63) is 71.3 Å². The predicted octanol–water partition coefficient (Wildman–Crippen LogP) is 2.19. The fourth-order valence-corrected chi connectivity index (χ4v) is 3.93. The SMILES string of the molecule is O=C(CCCN1C(=O)c2ccccc2C1=O)NC1(C(=O)O)CC1c1ccccc1. The molecule has 0 spiro atoms. The normalized spacial score (nSPS) is 22.3. The van der Waals surface area contributed by atoms with Gasteiger partial charge in [0.15, 0.2) is 0 Å². The summed E-state index contributed by atoms with van der Waals surface area (Å²) in [5.41, 5.74) is 0.334. The van der Waals surface area contributed by atoms with Crippen molar-refractivity contribution >= 4 is 23.7 Å². The van der Waals surface area contributed by atoms with Crippen LogP contribution in [0.15, 0.2) is 54.6 Å². The van der Waals surface area contributed by atoms with Gasteiger partial charge in [-0.05, 0) is 30.5 Å². The summed E-state index contributed by atoms with van der Waals surface area (Å²) in [5, 5.41) is 12.3. The quantitative estimate of drug-likeness (QED) is 0.703. The molecule has 2 N–H and O–H groups in total. The molecule has 7 nitrogen and oxygen atoms in total. The van der Waals surface area contributed by atoms with Crippen LogP contribution in [0.2, 0.25) is 0 Å². The van der Waals surface area contributed by atoms with Gasteiger partial charge in [0, 0.05) is 18.9 Å². The summed E-state index contributed by atoms with van der Waals surface area (Å²) in [6, 6.07) is 15.8. The molecule has 2 aliphatic rings. The Bertz CT molecular complexity index is 968. The summed E-state index contributed by atoms with van der Waals surface area (Å²) in [5.74, 6) is -2.44. The van der Waals surface area contributed by atoms with Gasteiger partial charge < -0.3 is 10.4 Å². The monoisotopic (exact) mass is 392 g/mol. The average Bonchev–Trinajstić information content (AvgIpc) is 3.41. The Labute approximate surface area is 167 Å². The molecule has 2 atom stereocenters. The number of amides is 3. The van der Waals surface area contributed by atoms with Crippen LogP contribution >= 0.6 is 0 Å². The van der Waals surface area contributed by atoms with Gasteiger partial charge in [-0.1, -0.05) is 42.5 Å².